The molecule has 204 valence electrons. The van der Waals surface area contributed by atoms with E-state index in [4.69, 9.17) is 19.1 Å². The third kappa shape index (κ3) is 6.39. The van der Waals surface area contributed by atoms with Gasteiger partial charge in [-0.25, -0.2) is 13.4 Å². The lowest BCUT2D eigenvalue weighted by atomic mass is 9.87. The maximum Gasteiger partial charge on any atom is 0.229 e. The Morgan fingerprint density at radius 3 is 2.50 bits per heavy atom. The van der Waals surface area contributed by atoms with Gasteiger partial charge in [-0.15, -0.1) is 0 Å². The Bertz CT molecular complexity index is 1480. The summed E-state index contributed by atoms with van der Waals surface area (Å²) < 4.78 is 48.6. The van der Waals surface area contributed by atoms with E-state index in [-0.39, 0.29) is 27.4 Å². The van der Waals surface area contributed by atoms with Gasteiger partial charge in [-0.3, -0.25) is 0 Å². The number of ether oxygens (including phenoxy) is 1. The van der Waals surface area contributed by atoms with E-state index in [9.17, 15) is 8.42 Å². The summed E-state index contributed by atoms with van der Waals surface area (Å²) in [5.41, 5.74) is 3.13. The zero-order valence-electron chi connectivity index (χ0n) is 24.4. The van der Waals surface area contributed by atoms with Crippen LogP contribution in [0.25, 0.3) is 0 Å². The van der Waals surface area contributed by atoms with Crippen molar-refractivity contribution in [1.82, 2.24) is 15.3 Å². The molecule has 8 nitrogen and oxygen atoms in total. The third-order valence-corrected chi connectivity index (χ3v) is 8.71. The van der Waals surface area contributed by atoms with Crippen molar-refractivity contribution >= 4 is 44.6 Å². The zero-order valence-corrected chi connectivity index (χ0v) is 23.9. The predicted molar refractivity (Wildman–Crippen MR) is 154 cm³/mol. The van der Waals surface area contributed by atoms with Gasteiger partial charge in [0.15, 0.2) is 15.7 Å². The minimum absolute atomic E-state index is 0.0309. The highest BCUT2D eigenvalue weighted by Gasteiger charge is 2.24. The number of hydrogen-bond donors (Lipinski definition) is 3. The number of aryl methyl sites for hydroxylation is 1. The molecular weight excluding hydrogens is 522 g/mol. The molecule has 0 radical (unpaired) electrons. The number of nitrogens with zero attached hydrogens (tertiary/aromatic N) is 2. The first kappa shape index (κ1) is 25.4. The molecule has 0 aliphatic carbocycles. The molecule has 0 spiro atoms. The number of rotatable bonds is 9. The van der Waals surface area contributed by atoms with Crippen molar-refractivity contribution in [2.75, 3.05) is 23.7 Å². The minimum atomic E-state index is -3.98. The molecule has 3 N–H and O–H groups in total. The van der Waals surface area contributed by atoms with Crippen molar-refractivity contribution in [3.05, 3.63) is 58.7 Å². The third-order valence-electron chi connectivity index (χ3n) is 6.42. The van der Waals surface area contributed by atoms with Crippen molar-refractivity contribution < 1.29 is 15.9 Å². The smallest absolute Gasteiger partial charge is 0.229 e. The van der Waals surface area contributed by atoms with Crippen molar-refractivity contribution in [3.8, 4) is 5.75 Å². The van der Waals surface area contributed by atoms with E-state index >= 15 is 0 Å². The van der Waals surface area contributed by atoms with Gasteiger partial charge < -0.3 is 20.7 Å². The predicted octanol–water partition coefficient (Wildman–Crippen LogP) is 6.36. The standard InChI is InChI=1S/C28H36ClN5O3S/c1-17(2)37-25-15-21(20-10-12-30-13-11-20)19(5)14-24(25)33-28-31-16-22(29)27(34-28)32-23-8-6-7-9-26(23)38(35,36)18(3)4/h6-9,14-18,20,30H,10-13H2,1-5H3,(H2,31,32,33,34)/i17D,18D. The van der Waals surface area contributed by atoms with Gasteiger partial charge in [-0.2, -0.15) is 4.98 Å². The van der Waals surface area contributed by atoms with E-state index in [1.54, 1.807) is 32.0 Å². The Kier molecular flexibility index (Phi) is 7.94. The van der Waals surface area contributed by atoms with Gasteiger partial charge in [0, 0.05) is 1.37 Å². The molecule has 0 saturated carbocycles. The van der Waals surface area contributed by atoms with E-state index in [1.807, 2.05) is 12.1 Å². The van der Waals surface area contributed by atoms with Crippen LogP contribution in [0.3, 0.4) is 0 Å². The van der Waals surface area contributed by atoms with E-state index in [1.165, 1.54) is 31.7 Å². The number of benzene rings is 2. The Balaban J connectivity index is 1.69. The lowest BCUT2D eigenvalue weighted by Gasteiger charge is -2.26. The number of halogens is 1. The van der Waals surface area contributed by atoms with Gasteiger partial charge in [0.25, 0.3) is 0 Å². The summed E-state index contributed by atoms with van der Waals surface area (Å²) in [7, 11) is -3.98. The molecule has 0 bridgehead atoms. The molecular formula is C28H36ClN5O3S. The van der Waals surface area contributed by atoms with Crippen molar-refractivity contribution in [2.45, 2.75) is 69.6 Å². The molecule has 2 aromatic carbocycles. The molecule has 1 aromatic heterocycles. The summed E-state index contributed by atoms with van der Waals surface area (Å²) in [6.07, 6.45) is 2.30. The number of para-hydroxylation sites is 1. The Labute approximate surface area is 233 Å². The first-order valence-corrected chi connectivity index (χ1v) is 14.5. The van der Waals surface area contributed by atoms with E-state index in [0.29, 0.717) is 17.4 Å². The normalized spacial score (nSPS) is 15.9. The highest BCUT2D eigenvalue weighted by atomic mass is 35.5. The van der Waals surface area contributed by atoms with Crippen molar-refractivity contribution in [3.63, 3.8) is 0 Å². The van der Waals surface area contributed by atoms with Crippen LogP contribution < -0.4 is 20.7 Å². The Morgan fingerprint density at radius 2 is 1.82 bits per heavy atom. The van der Waals surface area contributed by atoms with Crippen molar-refractivity contribution in [2.24, 2.45) is 0 Å². The fourth-order valence-corrected chi connectivity index (χ4v) is 5.71. The van der Waals surface area contributed by atoms with Crippen LogP contribution in [0.1, 0.15) is 60.3 Å². The van der Waals surface area contributed by atoms with Crippen LogP contribution in [0.2, 0.25) is 5.02 Å². The summed E-state index contributed by atoms with van der Waals surface area (Å²) in [6, 6.07) is 10.3. The Morgan fingerprint density at radius 1 is 1.11 bits per heavy atom. The molecule has 10 heteroatoms. The number of anilines is 4. The maximum atomic E-state index is 13.0. The molecule has 0 amide bonds. The molecule has 4 rings (SSSR count). The average Bonchev–Trinajstić information content (AvgIpc) is 2.87. The first-order valence-electron chi connectivity index (χ1n) is 13.6. The van der Waals surface area contributed by atoms with E-state index < -0.39 is 21.1 Å². The van der Waals surface area contributed by atoms with Gasteiger partial charge in [0.2, 0.25) is 5.95 Å². The van der Waals surface area contributed by atoms with E-state index in [0.717, 1.165) is 31.5 Å². The summed E-state index contributed by atoms with van der Waals surface area (Å²) in [6.45, 7) is 9.98. The van der Waals surface area contributed by atoms with Crippen LogP contribution in [0, 0.1) is 6.92 Å². The van der Waals surface area contributed by atoms with Crippen LogP contribution in [0.5, 0.6) is 5.75 Å². The number of sulfone groups is 1. The molecule has 1 fully saturated rings. The second-order valence-corrected chi connectivity index (χ2v) is 12.5. The molecule has 2 heterocycles. The second kappa shape index (κ2) is 11.9. The number of hydrogen-bond acceptors (Lipinski definition) is 8. The monoisotopic (exact) mass is 559 g/mol. The molecule has 0 unspecified atom stereocenters. The summed E-state index contributed by atoms with van der Waals surface area (Å²) in [4.78, 5) is 8.79. The van der Waals surface area contributed by atoms with Gasteiger partial charge in [-0.1, -0.05) is 23.7 Å². The highest BCUT2D eigenvalue weighted by molar-refractivity contribution is 7.92. The van der Waals surface area contributed by atoms with E-state index in [2.05, 4.69) is 32.8 Å². The van der Waals surface area contributed by atoms with Crippen LogP contribution in [0.4, 0.5) is 23.1 Å². The fraction of sp³-hybridized carbons (Fsp3) is 0.429. The Hall–Kier alpha value is -2.88. The minimum Gasteiger partial charge on any atom is -0.489 e. The van der Waals surface area contributed by atoms with Crippen LogP contribution >= 0.6 is 11.6 Å². The number of nitrogens with one attached hydrogen (secondary N) is 3. The highest BCUT2D eigenvalue weighted by Crippen LogP contribution is 2.37. The summed E-state index contributed by atoms with van der Waals surface area (Å²) in [5.74, 6) is 1.31. The lowest BCUT2D eigenvalue weighted by molar-refractivity contribution is 0.243. The first-order chi connectivity index (χ1) is 18.7. The molecule has 38 heavy (non-hydrogen) atoms. The molecule has 1 aliphatic heterocycles. The molecule has 1 saturated heterocycles. The number of piperidine rings is 1. The van der Waals surface area contributed by atoms with Gasteiger partial charge in [0.05, 0.1) is 35.1 Å². The summed E-state index contributed by atoms with van der Waals surface area (Å²) in [5, 5.41) is 8.05. The van der Waals surface area contributed by atoms with Crippen LogP contribution in [-0.4, -0.2) is 42.8 Å². The molecule has 0 atom stereocenters. The van der Waals surface area contributed by atoms with Crippen LogP contribution in [0.15, 0.2) is 47.5 Å². The quantitative estimate of drug-likeness (QED) is 0.278. The second-order valence-electron chi connectivity index (χ2n) is 9.79. The van der Waals surface area contributed by atoms with Gasteiger partial charge >= 0.3 is 0 Å². The SMILES string of the molecule is [2H]C(C)(C)Oc1cc(C2CCNCC2)c(C)cc1Nc1ncc(Cl)c(Nc2ccccc2S(=O)(=O)C([2H])(C)C)n1. The molecule has 1 aliphatic rings. The maximum absolute atomic E-state index is 13.0. The largest absolute Gasteiger partial charge is 0.489 e. The summed E-state index contributed by atoms with van der Waals surface area (Å²) >= 11 is 6.40. The topological polar surface area (TPSA) is 105 Å². The zero-order chi connectivity index (χ0) is 29.3. The molecule has 3 aromatic rings. The lowest BCUT2D eigenvalue weighted by Crippen LogP contribution is -2.27. The average molecular weight is 560 g/mol. The van der Waals surface area contributed by atoms with Gasteiger partial charge in [-0.05, 0) is 102 Å². The van der Waals surface area contributed by atoms with Gasteiger partial charge in [0.1, 0.15) is 10.8 Å². The fourth-order valence-electron chi connectivity index (χ4n) is 4.47. The number of aromatic nitrogens is 2. The van der Waals surface area contributed by atoms with Crippen LogP contribution in [-0.2, 0) is 9.84 Å². The van der Waals surface area contributed by atoms with Crippen molar-refractivity contribution in [1.29, 1.82) is 0 Å².